The van der Waals surface area contributed by atoms with Crippen molar-refractivity contribution in [1.82, 2.24) is 14.8 Å². The topological polar surface area (TPSA) is 138 Å². The molecule has 0 saturated carbocycles. The van der Waals surface area contributed by atoms with Gasteiger partial charge < -0.3 is 20.5 Å². The van der Waals surface area contributed by atoms with Crippen molar-refractivity contribution >= 4 is 57.5 Å². The molecule has 38 heavy (non-hydrogen) atoms. The van der Waals surface area contributed by atoms with Gasteiger partial charge in [-0.15, -0.1) is 28.1 Å². The molecule has 0 aliphatic rings. The van der Waals surface area contributed by atoms with Crippen LogP contribution in [-0.4, -0.2) is 44.9 Å². The Labute approximate surface area is 233 Å². The molecule has 1 atom stereocenters. The predicted molar refractivity (Wildman–Crippen MR) is 148 cm³/mol. The first-order valence-corrected chi connectivity index (χ1v) is 13.7. The highest BCUT2D eigenvalue weighted by Crippen LogP contribution is 2.34. The van der Waals surface area contributed by atoms with E-state index in [1.54, 1.807) is 30.6 Å². The van der Waals surface area contributed by atoms with Gasteiger partial charge in [0.15, 0.2) is 17.1 Å². The summed E-state index contributed by atoms with van der Waals surface area (Å²) in [6, 6.07) is 5.50. The Bertz CT molecular complexity index is 1370. The molecule has 3 N–H and O–H groups in total. The molecule has 2 amide bonds. The van der Waals surface area contributed by atoms with Crippen LogP contribution >= 0.6 is 34.7 Å². The summed E-state index contributed by atoms with van der Waals surface area (Å²) in [5.74, 6) is -0.728. The summed E-state index contributed by atoms with van der Waals surface area (Å²) in [5.41, 5.74) is 6.91. The maximum absolute atomic E-state index is 12.8. The van der Waals surface area contributed by atoms with Gasteiger partial charge in [0, 0.05) is 6.54 Å². The molecule has 0 fully saturated rings. The molecule has 0 aliphatic heterocycles. The number of ether oxygens (including phenoxy) is 2. The van der Waals surface area contributed by atoms with Gasteiger partial charge >= 0.3 is 5.97 Å². The van der Waals surface area contributed by atoms with Crippen LogP contribution < -0.4 is 15.8 Å². The lowest BCUT2D eigenvalue weighted by atomic mass is 10.1. The molecular weight excluding hydrogens is 550 g/mol. The van der Waals surface area contributed by atoms with Crippen LogP contribution in [0, 0.1) is 13.8 Å². The predicted octanol–water partition coefficient (Wildman–Crippen LogP) is 4.94. The van der Waals surface area contributed by atoms with Crippen LogP contribution in [0.2, 0.25) is 5.02 Å². The molecule has 1 unspecified atom stereocenters. The molecule has 0 spiro atoms. The first-order chi connectivity index (χ1) is 18.1. The fourth-order valence-corrected chi connectivity index (χ4v) is 5.51. The summed E-state index contributed by atoms with van der Waals surface area (Å²) in [4.78, 5) is 37.2. The summed E-state index contributed by atoms with van der Waals surface area (Å²) in [6.07, 6.45) is 1.20. The number of rotatable bonds is 12. The highest BCUT2D eigenvalue weighted by atomic mass is 35.5. The smallest absolute Gasteiger partial charge is 0.341 e. The SMILES string of the molecule is C=CCn1c(SCC(=O)Nc2sc(C(N)=O)c(C)c2C(=O)OCC)nnc1C(C)Oc1cc(C)ccc1Cl. The van der Waals surface area contributed by atoms with Gasteiger partial charge in [0.25, 0.3) is 5.91 Å². The number of primary amides is 1. The van der Waals surface area contributed by atoms with Gasteiger partial charge in [0.2, 0.25) is 5.91 Å². The minimum atomic E-state index is -0.693. The Kier molecular flexibility index (Phi) is 9.95. The first-order valence-electron chi connectivity index (χ1n) is 11.6. The molecule has 2 heterocycles. The molecule has 13 heteroatoms. The van der Waals surface area contributed by atoms with E-state index in [-0.39, 0.29) is 27.8 Å². The van der Waals surface area contributed by atoms with Crippen LogP contribution in [0.4, 0.5) is 5.00 Å². The van der Waals surface area contributed by atoms with Gasteiger partial charge in [-0.3, -0.25) is 14.2 Å². The summed E-state index contributed by atoms with van der Waals surface area (Å²) in [5, 5.41) is 12.4. The molecule has 202 valence electrons. The number of thioether (sulfide) groups is 1. The van der Waals surface area contributed by atoms with E-state index in [1.165, 1.54) is 0 Å². The number of hydrogen-bond acceptors (Lipinski definition) is 9. The molecule has 0 saturated heterocycles. The zero-order chi connectivity index (χ0) is 28.0. The Morgan fingerprint density at radius 3 is 2.71 bits per heavy atom. The molecule has 10 nitrogen and oxygen atoms in total. The Hall–Kier alpha value is -3.35. The molecule has 2 aromatic heterocycles. The fourth-order valence-electron chi connectivity index (χ4n) is 3.53. The highest BCUT2D eigenvalue weighted by molar-refractivity contribution is 7.99. The van der Waals surface area contributed by atoms with Crippen molar-refractivity contribution in [3.63, 3.8) is 0 Å². The summed E-state index contributed by atoms with van der Waals surface area (Å²) < 4.78 is 12.9. The minimum Gasteiger partial charge on any atom is -0.481 e. The van der Waals surface area contributed by atoms with E-state index in [1.807, 2.05) is 26.0 Å². The van der Waals surface area contributed by atoms with Crippen molar-refractivity contribution in [1.29, 1.82) is 0 Å². The number of nitrogens with two attached hydrogens (primary N) is 1. The molecule has 1 aromatic carbocycles. The second-order valence-electron chi connectivity index (χ2n) is 8.12. The molecule has 3 rings (SSSR count). The maximum atomic E-state index is 12.8. The van der Waals surface area contributed by atoms with Crippen molar-refractivity contribution in [3.8, 4) is 5.75 Å². The Morgan fingerprint density at radius 2 is 2.05 bits per heavy atom. The van der Waals surface area contributed by atoms with Crippen LogP contribution in [0.1, 0.15) is 56.9 Å². The van der Waals surface area contributed by atoms with E-state index in [4.69, 9.17) is 26.8 Å². The normalized spacial score (nSPS) is 11.6. The number of halogens is 1. The summed E-state index contributed by atoms with van der Waals surface area (Å²) in [7, 11) is 0. The minimum absolute atomic E-state index is 0.0423. The second-order valence-corrected chi connectivity index (χ2v) is 10.5. The molecule has 3 aromatic rings. The number of carbonyl (C=O) groups is 3. The van der Waals surface area contributed by atoms with Gasteiger partial charge in [0.1, 0.15) is 10.8 Å². The fraction of sp³-hybridized carbons (Fsp3) is 0.320. The largest absolute Gasteiger partial charge is 0.481 e. The third-order valence-corrected chi connectivity index (χ3v) is 7.75. The number of benzene rings is 1. The van der Waals surface area contributed by atoms with Gasteiger partial charge in [-0.25, -0.2) is 4.79 Å². The lowest BCUT2D eigenvalue weighted by Gasteiger charge is -2.17. The van der Waals surface area contributed by atoms with Gasteiger partial charge in [-0.1, -0.05) is 35.5 Å². The van der Waals surface area contributed by atoms with E-state index in [0.29, 0.717) is 33.9 Å². The number of aryl methyl sites for hydroxylation is 1. The number of hydrogen-bond donors (Lipinski definition) is 2. The number of thiophene rings is 1. The van der Waals surface area contributed by atoms with Crippen LogP contribution in [0.5, 0.6) is 5.75 Å². The standard InChI is InChI=1S/C25H28ClN5O5S2/c1-6-10-31-22(15(5)36-17-11-13(3)8-9-16(17)26)29-30-25(31)37-12-18(32)28-23-19(24(34)35-7-2)14(4)20(38-23)21(27)33/h6,8-9,11,15H,1,7,10,12H2,2-5H3,(H2,27,33)(H,28,32). The zero-order valence-electron chi connectivity index (χ0n) is 21.4. The molecule has 0 radical (unpaired) electrons. The van der Waals surface area contributed by atoms with Crippen LogP contribution in [0.15, 0.2) is 36.0 Å². The summed E-state index contributed by atoms with van der Waals surface area (Å²) >= 11 is 8.36. The van der Waals surface area contributed by atoms with E-state index < -0.39 is 23.9 Å². The number of nitrogens with one attached hydrogen (secondary N) is 1. The first kappa shape index (κ1) is 29.2. The zero-order valence-corrected chi connectivity index (χ0v) is 23.8. The van der Waals surface area contributed by atoms with Gasteiger partial charge in [0.05, 0.1) is 27.8 Å². The average Bonchev–Trinajstić information content (AvgIpc) is 3.41. The van der Waals surface area contributed by atoms with Crippen molar-refractivity contribution in [2.75, 3.05) is 17.7 Å². The van der Waals surface area contributed by atoms with Crippen LogP contribution in [0.3, 0.4) is 0 Å². The summed E-state index contributed by atoms with van der Waals surface area (Å²) in [6.45, 7) is 11.3. The van der Waals surface area contributed by atoms with E-state index >= 15 is 0 Å². The van der Waals surface area contributed by atoms with Gasteiger partial charge in [-0.2, -0.15) is 0 Å². The molecule has 0 aliphatic carbocycles. The number of anilines is 1. The Morgan fingerprint density at radius 1 is 1.32 bits per heavy atom. The average molecular weight is 578 g/mol. The van der Waals surface area contributed by atoms with Crippen molar-refractivity contribution in [3.05, 3.63) is 63.3 Å². The van der Waals surface area contributed by atoms with E-state index in [9.17, 15) is 14.4 Å². The highest BCUT2D eigenvalue weighted by Gasteiger charge is 2.26. The van der Waals surface area contributed by atoms with E-state index in [2.05, 4.69) is 22.1 Å². The lowest BCUT2D eigenvalue weighted by Crippen LogP contribution is -2.17. The quantitative estimate of drug-likeness (QED) is 0.175. The number of amides is 2. The number of allylic oxidation sites excluding steroid dienone is 1. The molecule has 0 bridgehead atoms. The monoisotopic (exact) mass is 577 g/mol. The second kappa shape index (κ2) is 12.9. The van der Waals surface area contributed by atoms with Crippen LogP contribution in [-0.2, 0) is 16.1 Å². The number of nitrogens with zero attached hydrogens (tertiary/aromatic N) is 3. The number of esters is 1. The van der Waals surface area contributed by atoms with E-state index in [0.717, 1.165) is 28.7 Å². The Balaban J connectivity index is 1.76. The lowest BCUT2D eigenvalue weighted by molar-refractivity contribution is -0.113. The van der Waals surface area contributed by atoms with Crippen molar-refractivity contribution in [2.45, 2.75) is 45.5 Å². The maximum Gasteiger partial charge on any atom is 0.341 e. The number of aromatic nitrogens is 3. The molecular formula is C25H28ClN5O5S2. The van der Waals surface area contributed by atoms with Crippen molar-refractivity contribution in [2.24, 2.45) is 5.73 Å². The van der Waals surface area contributed by atoms with Crippen molar-refractivity contribution < 1.29 is 23.9 Å². The third kappa shape index (κ3) is 6.74. The van der Waals surface area contributed by atoms with Gasteiger partial charge in [-0.05, 0) is 51.0 Å². The number of carbonyl (C=O) groups excluding carboxylic acids is 3. The van der Waals surface area contributed by atoms with Crippen LogP contribution in [0.25, 0.3) is 0 Å². The third-order valence-electron chi connectivity index (χ3n) is 5.25.